The first-order valence-corrected chi connectivity index (χ1v) is 9.06. The predicted molar refractivity (Wildman–Crippen MR) is 92.3 cm³/mol. The summed E-state index contributed by atoms with van der Waals surface area (Å²) in [6.45, 7) is 1.81. The van der Waals surface area contributed by atoms with Crippen molar-refractivity contribution < 1.29 is 24.2 Å². The fourth-order valence-electron chi connectivity index (χ4n) is 2.62. The molecule has 0 saturated carbocycles. The minimum absolute atomic E-state index is 0.00410. The number of ether oxygens (including phenoxy) is 2. The van der Waals surface area contributed by atoms with E-state index >= 15 is 0 Å². The van der Waals surface area contributed by atoms with Crippen LogP contribution in [-0.2, 0) is 20.9 Å². The number of carbonyl (C=O) groups is 2. The van der Waals surface area contributed by atoms with E-state index in [2.05, 4.69) is 0 Å². The summed E-state index contributed by atoms with van der Waals surface area (Å²) in [4.78, 5) is 24.3. The second-order valence-corrected chi connectivity index (χ2v) is 6.58. The number of piperidine rings is 1. The quantitative estimate of drug-likeness (QED) is 0.771. The molecule has 0 spiro atoms. The minimum atomic E-state index is -0.892. The number of carboxylic acids is 1. The maximum atomic E-state index is 12.0. The predicted octanol–water partition coefficient (Wildman–Crippen LogP) is 2.02. The highest BCUT2D eigenvalue weighted by atomic mass is 32.2. The van der Waals surface area contributed by atoms with Crippen LogP contribution in [0.25, 0.3) is 0 Å². The number of hydrogen-bond acceptors (Lipinski definition) is 5. The average Bonchev–Trinajstić information content (AvgIpc) is 2.60. The highest BCUT2D eigenvalue weighted by Gasteiger charge is 2.23. The number of rotatable bonds is 8. The highest BCUT2D eigenvalue weighted by molar-refractivity contribution is 8.00. The van der Waals surface area contributed by atoms with Gasteiger partial charge in [-0.2, -0.15) is 0 Å². The van der Waals surface area contributed by atoms with E-state index in [1.54, 1.807) is 12.0 Å². The molecule has 1 aliphatic heterocycles. The molecule has 2 rings (SSSR count). The molecule has 7 heteroatoms. The van der Waals surface area contributed by atoms with Gasteiger partial charge in [0.1, 0.15) is 5.75 Å². The lowest BCUT2D eigenvalue weighted by Gasteiger charge is -2.32. The van der Waals surface area contributed by atoms with Gasteiger partial charge in [0.2, 0.25) is 5.91 Å². The number of nitrogens with zero attached hydrogens (tertiary/aromatic N) is 1. The molecular weight excluding hydrogens is 330 g/mol. The second kappa shape index (κ2) is 9.54. The van der Waals surface area contributed by atoms with Gasteiger partial charge in [0.15, 0.2) is 0 Å². The number of carbonyl (C=O) groups excluding carboxylic acids is 1. The van der Waals surface area contributed by atoms with Crippen molar-refractivity contribution in [1.29, 1.82) is 0 Å². The molecule has 132 valence electrons. The van der Waals surface area contributed by atoms with Gasteiger partial charge in [0.05, 0.1) is 31.3 Å². The summed E-state index contributed by atoms with van der Waals surface area (Å²) >= 11 is 1.14. The fourth-order valence-corrected chi connectivity index (χ4v) is 3.25. The molecule has 1 aromatic rings. The average molecular weight is 353 g/mol. The topological polar surface area (TPSA) is 76.1 Å². The van der Waals surface area contributed by atoms with E-state index in [1.165, 1.54) is 0 Å². The number of amides is 1. The van der Waals surface area contributed by atoms with Crippen molar-refractivity contribution in [1.82, 2.24) is 4.90 Å². The Morgan fingerprint density at radius 3 is 2.62 bits per heavy atom. The standard InChI is InChI=1S/C17H23NO5S/c1-22-15-5-3-2-4-13(15)10-23-14-6-8-18(9-7-14)16(19)11-24-12-17(20)21/h2-5,14H,6-12H2,1H3,(H,20,21). The molecule has 0 unspecified atom stereocenters. The molecule has 0 atom stereocenters. The van der Waals surface area contributed by atoms with Gasteiger partial charge in [-0.05, 0) is 18.9 Å². The van der Waals surface area contributed by atoms with Crippen LogP contribution < -0.4 is 4.74 Å². The molecule has 0 aromatic heterocycles. The van der Waals surface area contributed by atoms with Crippen LogP contribution in [0.2, 0.25) is 0 Å². The summed E-state index contributed by atoms with van der Waals surface area (Å²) in [7, 11) is 1.64. The van der Waals surface area contributed by atoms with Crippen LogP contribution in [0.15, 0.2) is 24.3 Å². The van der Waals surface area contributed by atoms with Crippen molar-refractivity contribution in [2.24, 2.45) is 0 Å². The zero-order valence-corrected chi connectivity index (χ0v) is 14.6. The lowest BCUT2D eigenvalue weighted by Crippen LogP contribution is -2.41. The normalized spacial score (nSPS) is 15.3. The summed E-state index contributed by atoms with van der Waals surface area (Å²) < 4.78 is 11.3. The first-order chi connectivity index (χ1) is 11.6. The largest absolute Gasteiger partial charge is 0.496 e. The van der Waals surface area contributed by atoms with Crippen LogP contribution in [0, 0.1) is 0 Å². The lowest BCUT2D eigenvalue weighted by molar-refractivity contribution is -0.133. The van der Waals surface area contributed by atoms with Gasteiger partial charge < -0.3 is 19.5 Å². The SMILES string of the molecule is COc1ccccc1COC1CCN(C(=O)CSCC(=O)O)CC1. The number of para-hydroxylation sites is 1. The highest BCUT2D eigenvalue weighted by Crippen LogP contribution is 2.21. The Hall–Kier alpha value is -1.73. The van der Waals surface area contributed by atoms with Crippen LogP contribution in [0.5, 0.6) is 5.75 Å². The third-order valence-corrected chi connectivity index (χ3v) is 4.81. The first-order valence-electron chi connectivity index (χ1n) is 7.91. The number of methoxy groups -OCH3 is 1. The third kappa shape index (κ3) is 5.72. The molecule has 1 saturated heterocycles. The summed E-state index contributed by atoms with van der Waals surface area (Å²) in [5.41, 5.74) is 1.02. The van der Waals surface area contributed by atoms with Crippen LogP contribution >= 0.6 is 11.8 Å². The van der Waals surface area contributed by atoms with Gasteiger partial charge >= 0.3 is 5.97 Å². The zero-order valence-electron chi connectivity index (χ0n) is 13.8. The molecule has 1 N–H and O–H groups in total. The van der Waals surface area contributed by atoms with Crippen LogP contribution in [0.4, 0.5) is 0 Å². The Morgan fingerprint density at radius 1 is 1.25 bits per heavy atom. The monoisotopic (exact) mass is 353 g/mol. The summed E-state index contributed by atoms with van der Waals surface area (Å²) in [6.07, 6.45) is 1.72. The second-order valence-electron chi connectivity index (χ2n) is 5.59. The van der Waals surface area contributed by atoms with Gasteiger partial charge in [-0.1, -0.05) is 18.2 Å². The van der Waals surface area contributed by atoms with Crippen molar-refractivity contribution in [3.8, 4) is 5.75 Å². The number of likely N-dealkylation sites (tertiary alicyclic amines) is 1. The Balaban J connectivity index is 1.71. The van der Waals surface area contributed by atoms with E-state index in [9.17, 15) is 9.59 Å². The molecule has 24 heavy (non-hydrogen) atoms. The Labute approximate surface area is 146 Å². The van der Waals surface area contributed by atoms with Crippen molar-refractivity contribution in [3.05, 3.63) is 29.8 Å². The lowest BCUT2D eigenvalue weighted by atomic mass is 10.1. The molecule has 1 aromatic carbocycles. The maximum Gasteiger partial charge on any atom is 0.313 e. The van der Waals surface area contributed by atoms with Crippen molar-refractivity contribution in [3.63, 3.8) is 0 Å². The molecule has 6 nitrogen and oxygen atoms in total. The van der Waals surface area contributed by atoms with Crippen molar-refractivity contribution in [2.75, 3.05) is 31.7 Å². The minimum Gasteiger partial charge on any atom is -0.496 e. The van der Waals surface area contributed by atoms with Gasteiger partial charge in [0.25, 0.3) is 0 Å². The van der Waals surface area contributed by atoms with Crippen molar-refractivity contribution in [2.45, 2.75) is 25.6 Å². The number of thioether (sulfide) groups is 1. The van der Waals surface area contributed by atoms with Gasteiger partial charge in [-0.15, -0.1) is 11.8 Å². The number of carboxylic acid groups (broad SMARTS) is 1. The van der Waals surface area contributed by atoms with E-state index in [-0.39, 0.29) is 23.5 Å². The smallest absolute Gasteiger partial charge is 0.313 e. The molecule has 0 bridgehead atoms. The molecular formula is C17H23NO5S. The fraction of sp³-hybridized carbons (Fsp3) is 0.529. The summed E-state index contributed by atoms with van der Waals surface area (Å²) in [6, 6.07) is 7.78. The third-order valence-electron chi connectivity index (χ3n) is 3.91. The van der Waals surface area contributed by atoms with Gasteiger partial charge in [0, 0.05) is 18.7 Å². The Kier molecular flexibility index (Phi) is 7.39. The van der Waals surface area contributed by atoms with Gasteiger partial charge in [-0.3, -0.25) is 9.59 Å². The number of aliphatic carboxylic acids is 1. The number of benzene rings is 1. The van der Waals surface area contributed by atoms with E-state index in [0.29, 0.717) is 19.7 Å². The Morgan fingerprint density at radius 2 is 1.96 bits per heavy atom. The van der Waals surface area contributed by atoms with E-state index in [0.717, 1.165) is 35.9 Å². The number of hydrogen-bond donors (Lipinski definition) is 1. The first kappa shape index (κ1) is 18.6. The summed E-state index contributed by atoms with van der Waals surface area (Å²) in [5.74, 6) is 0.116. The van der Waals surface area contributed by atoms with Crippen LogP contribution in [0.1, 0.15) is 18.4 Å². The van der Waals surface area contributed by atoms with E-state index in [1.807, 2.05) is 24.3 Å². The van der Waals surface area contributed by atoms with E-state index in [4.69, 9.17) is 14.6 Å². The van der Waals surface area contributed by atoms with Crippen molar-refractivity contribution >= 4 is 23.6 Å². The molecule has 1 aliphatic rings. The van der Waals surface area contributed by atoms with Crippen LogP contribution in [-0.4, -0.2) is 59.7 Å². The molecule has 1 fully saturated rings. The maximum absolute atomic E-state index is 12.0. The molecule has 0 aliphatic carbocycles. The zero-order chi connectivity index (χ0) is 17.4. The molecule has 1 heterocycles. The Bertz CT molecular complexity index is 558. The van der Waals surface area contributed by atoms with E-state index < -0.39 is 5.97 Å². The molecule has 1 amide bonds. The summed E-state index contributed by atoms with van der Waals surface area (Å²) in [5, 5.41) is 8.59. The molecule has 0 radical (unpaired) electrons. The van der Waals surface area contributed by atoms with Crippen LogP contribution in [0.3, 0.4) is 0 Å². The van der Waals surface area contributed by atoms with Gasteiger partial charge in [-0.25, -0.2) is 0 Å².